The van der Waals surface area contributed by atoms with Crippen molar-refractivity contribution in [2.45, 2.75) is 26.3 Å². The van der Waals surface area contributed by atoms with Crippen LogP contribution in [0, 0.1) is 6.92 Å². The maximum absolute atomic E-state index is 4.29. The van der Waals surface area contributed by atoms with E-state index in [1.165, 1.54) is 16.8 Å². The molecule has 19 heavy (non-hydrogen) atoms. The van der Waals surface area contributed by atoms with Gasteiger partial charge in [0.05, 0.1) is 11.7 Å². The minimum Gasteiger partial charge on any atom is -0.305 e. The molecule has 2 rings (SSSR count). The summed E-state index contributed by atoms with van der Waals surface area (Å²) in [6.45, 7) is 5.32. The first-order valence-electron chi connectivity index (χ1n) is 6.60. The zero-order valence-corrected chi connectivity index (χ0v) is 13.2. The Hall–Kier alpha value is -1.13. The summed E-state index contributed by atoms with van der Waals surface area (Å²) in [6.07, 6.45) is 2.96. The summed E-state index contributed by atoms with van der Waals surface area (Å²) in [7, 11) is 1.99. The Morgan fingerprint density at radius 1 is 1.37 bits per heavy atom. The van der Waals surface area contributed by atoms with Crippen molar-refractivity contribution in [2.75, 3.05) is 6.54 Å². The van der Waals surface area contributed by atoms with Gasteiger partial charge in [0.2, 0.25) is 0 Å². The van der Waals surface area contributed by atoms with E-state index in [4.69, 9.17) is 0 Å². The third kappa shape index (κ3) is 3.25. The summed E-state index contributed by atoms with van der Waals surface area (Å²) in [5.41, 5.74) is 3.78. The second-order valence-electron chi connectivity index (χ2n) is 4.77. The van der Waals surface area contributed by atoms with E-state index in [1.54, 1.807) is 0 Å². The zero-order valence-electron chi connectivity index (χ0n) is 11.7. The van der Waals surface area contributed by atoms with E-state index in [1.807, 2.05) is 17.9 Å². The van der Waals surface area contributed by atoms with Crippen LogP contribution >= 0.6 is 15.9 Å². The minimum atomic E-state index is 0.185. The Labute approximate surface area is 123 Å². The molecular formula is C15H20BrN3. The summed E-state index contributed by atoms with van der Waals surface area (Å²) >= 11 is 3.56. The number of hydrogen-bond acceptors (Lipinski definition) is 2. The molecule has 0 fully saturated rings. The smallest absolute Gasteiger partial charge is 0.0751 e. The molecule has 4 heteroatoms. The molecule has 1 atom stereocenters. The number of benzene rings is 1. The Bertz CT molecular complexity index is 548. The number of rotatable bonds is 5. The van der Waals surface area contributed by atoms with E-state index < -0.39 is 0 Å². The molecule has 0 spiro atoms. The van der Waals surface area contributed by atoms with Gasteiger partial charge in [0, 0.05) is 17.7 Å². The molecule has 1 aromatic heterocycles. The van der Waals surface area contributed by atoms with E-state index in [9.17, 15) is 0 Å². The predicted molar refractivity (Wildman–Crippen MR) is 82.2 cm³/mol. The summed E-state index contributed by atoms with van der Waals surface area (Å²) < 4.78 is 3.05. The number of aromatic nitrogens is 2. The van der Waals surface area contributed by atoms with Crippen LogP contribution in [0.1, 0.15) is 36.2 Å². The van der Waals surface area contributed by atoms with Crippen LogP contribution in [0.4, 0.5) is 0 Å². The minimum absolute atomic E-state index is 0.185. The van der Waals surface area contributed by atoms with E-state index in [-0.39, 0.29) is 6.04 Å². The Kier molecular flexibility index (Phi) is 4.77. The normalized spacial score (nSPS) is 12.6. The van der Waals surface area contributed by atoms with Gasteiger partial charge in [-0.05, 0) is 49.2 Å². The number of aryl methyl sites for hydroxylation is 2. The van der Waals surface area contributed by atoms with Crippen LogP contribution < -0.4 is 5.32 Å². The van der Waals surface area contributed by atoms with Crippen LogP contribution in [0.15, 0.2) is 34.9 Å². The van der Waals surface area contributed by atoms with Gasteiger partial charge in [-0.1, -0.05) is 28.9 Å². The Balaban J connectivity index is 2.42. The molecule has 102 valence electrons. The monoisotopic (exact) mass is 321 g/mol. The molecule has 0 saturated heterocycles. The molecule has 1 unspecified atom stereocenters. The fourth-order valence-electron chi connectivity index (χ4n) is 2.25. The molecule has 1 heterocycles. The zero-order chi connectivity index (χ0) is 13.8. The van der Waals surface area contributed by atoms with Crippen molar-refractivity contribution in [3.63, 3.8) is 0 Å². The largest absolute Gasteiger partial charge is 0.305 e. The standard InChI is InChI=1S/C15H20BrN3/c1-4-8-17-15(14-7-9-18-19(14)3)13-10-12(16)6-5-11(13)2/h5-7,9-10,15,17H,4,8H2,1-3H3. The highest BCUT2D eigenvalue weighted by molar-refractivity contribution is 9.10. The van der Waals surface area contributed by atoms with Crippen molar-refractivity contribution in [3.05, 3.63) is 51.8 Å². The van der Waals surface area contributed by atoms with Gasteiger partial charge < -0.3 is 5.32 Å². The number of nitrogens with one attached hydrogen (secondary N) is 1. The lowest BCUT2D eigenvalue weighted by atomic mass is 9.98. The molecule has 3 nitrogen and oxygen atoms in total. The van der Waals surface area contributed by atoms with E-state index in [0.717, 1.165) is 17.4 Å². The molecule has 1 aromatic carbocycles. The molecule has 0 aliphatic heterocycles. The maximum atomic E-state index is 4.29. The number of hydrogen-bond donors (Lipinski definition) is 1. The highest BCUT2D eigenvalue weighted by Gasteiger charge is 2.18. The topological polar surface area (TPSA) is 29.9 Å². The van der Waals surface area contributed by atoms with Gasteiger partial charge in [0.25, 0.3) is 0 Å². The molecule has 0 radical (unpaired) electrons. The Morgan fingerprint density at radius 3 is 2.79 bits per heavy atom. The van der Waals surface area contributed by atoms with E-state index >= 15 is 0 Å². The Morgan fingerprint density at radius 2 is 2.16 bits per heavy atom. The second-order valence-corrected chi connectivity index (χ2v) is 5.68. The maximum Gasteiger partial charge on any atom is 0.0751 e. The highest BCUT2D eigenvalue weighted by atomic mass is 79.9. The van der Waals surface area contributed by atoms with Gasteiger partial charge in [-0.15, -0.1) is 0 Å². The SMILES string of the molecule is CCCNC(c1cc(Br)ccc1C)c1ccnn1C. The fraction of sp³-hybridized carbons (Fsp3) is 0.400. The lowest BCUT2D eigenvalue weighted by Crippen LogP contribution is -2.26. The molecule has 1 N–H and O–H groups in total. The van der Waals surface area contributed by atoms with E-state index in [2.05, 4.69) is 64.5 Å². The van der Waals surface area contributed by atoms with Crippen molar-refractivity contribution in [2.24, 2.45) is 7.05 Å². The molecule has 0 saturated carbocycles. The third-order valence-corrected chi connectivity index (χ3v) is 3.80. The summed E-state index contributed by atoms with van der Waals surface area (Å²) in [5, 5.41) is 7.90. The molecule has 2 aromatic rings. The van der Waals surface area contributed by atoms with Crippen LogP contribution in [0.5, 0.6) is 0 Å². The van der Waals surface area contributed by atoms with Crippen molar-refractivity contribution in [1.29, 1.82) is 0 Å². The van der Waals surface area contributed by atoms with Gasteiger partial charge in [-0.3, -0.25) is 4.68 Å². The van der Waals surface area contributed by atoms with Crippen molar-refractivity contribution in [3.8, 4) is 0 Å². The average Bonchev–Trinajstić information content (AvgIpc) is 2.80. The van der Waals surface area contributed by atoms with Gasteiger partial charge >= 0.3 is 0 Å². The number of halogens is 1. The first-order valence-corrected chi connectivity index (χ1v) is 7.40. The fourth-order valence-corrected chi connectivity index (χ4v) is 2.63. The van der Waals surface area contributed by atoms with E-state index in [0.29, 0.717) is 0 Å². The van der Waals surface area contributed by atoms with Crippen molar-refractivity contribution < 1.29 is 0 Å². The third-order valence-electron chi connectivity index (χ3n) is 3.31. The molecule has 0 amide bonds. The second kappa shape index (κ2) is 6.35. The quantitative estimate of drug-likeness (QED) is 0.912. The lowest BCUT2D eigenvalue weighted by Gasteiger charge is -2.21. The van der Waals surface area contributed by atoms with Crippen molar-refractivity contribution >= 4 is 15.9 Å². The van der Waals surface area contributed by atoms with Gasteiger partial charge in [0.1, 0.15) is 0 Å². The van der Waals surface area contributed by atoms with Crippen molar-refractivity contribution in [1.82, 2.24) is 15.1 Å². The average molecular weight is 322 g/mol. The predicted octanol–water partition coefficient (Wildman–Crippen LogP) is 3.58. The molecular weight excluding hydrogens is 302 g/mol. The number of nitrogens with zero attached hydrogens (tertiary/aromatic N) is 2. The van der Waals surface area contributed by atoms with Crippen LogP contribution in [-0.2, 0) is 7.05 Å². The first-order chi connectivity index (χ1) is 9.13. The molecule has 0 bridgehead atoms. The molecule has 0 aliphatic rings. The van der Waals surface area contributed by atoms with Gasteiger partial charge in [-0.25, -0.2) is 0 Å². The van der Waals surface area contributed by atoms with Gasteiger partial charge in [0.15, 0.2) is 0 Å². The summed E-state index contributed by atoms with van der Waals surface area (Å²) in [4.78, 5) is 0. The van der Waals surface area contributed by atoms with Gasteiger partial charge in [-0.2, -0.15) is 5.10 Å². The summed E-state index contributed by atoms with van der Waals surface area (Å²) in [6, 6.07) is 8.68. The highest BCUT2D eigenvalue weighted by Crippen LogP contribution is 2.27. The molecule has 0 aliphatic carbocycles. The summed E-state index contributed by atoms with van der Waals surface area (Å²) in [5.74, 6) is 0. The van der Waals surface area contributed by atoms with Crippen LogP contribution in [0.25, 0.3) is 0 Å². The van der Waals surface area contributed by atoms with Crippen LogP contribution in [0.2, 0.25) is 0 Å². The first kappa shape index (κ1) is 14.3. The lowest BCUT2D eigenvalue weighted by molar-refractivity contribution is 0.551. The van der Waals surface area contributed by atoms with Crippen LogP contribution in [0.3, 0.4) is 0 Å². The van der Waals surface area contributed by atoms with Crippen LogP contribution in [-0.4, -0.2) is 16.3 Å².